The lowest BCUT2D eigenvalue weighted by Crippen LogP contribution is -2.35. The first-order valence-electron chi connectivity index (χ1n) is 9.26. The highest BCUT2D eigenvalue weighted by Crippen LogP contribution is 2.34. The monoisotopic (exact) mass is 349 g/mol. The SMILES string of the molecule is Cc1ccnc2nc(C(=O)N[C@@H](c3ccccc3)C3CCCCC3)nn12. The highest BCUT2D eigenvalue weighted by molar-refractivity contribution is 5.91. The smallest absolute Gasteiger partial charge is 0.291 e. The number of aromatic nitrogens is 4. The molecule has 4 rings (SSSR count). The van der Waals surface area contributed by atoms with Crippen LogP contribution in [0.4, 0.5) is 0 Å². The van der Waals surface area contributed by atoms with E-state index in [4.69, 9.17) is 0 Å². The van der Waals surface area contributed by atoms with E-state index in [0.29, 0.717) is 11.7 Å². The lowest BCUT2D eigenvalue weighted by molar-refractivity contribution is 0.0902. The maximum Gasteiger partial charge on any atom is 0.291 e. The third-order valence-corrected chi connectivity index (χ3v) is 5.20. The molecule has 0 aliphatic heterocycles. The molecular formula is C20H23N5O. The number of carbonyl (C=O) groups excluding carboxylic acids is 1. The minimum absolute atomic E-state index is 0.00957. The predicted molar refractivity (Wildman–Crippen MR) is 98.7 cm³/mol. The first-order valence-corrected chi connectivity index (χ1v) is 9.26. The van der Waals surface area contributed by atoms with Crippen molar-refractivity contribution in [3.8, 4) is 0 Å². The van der Waals surface area contributed by atoms with Gasteiger partial charge in [0.05, 0.1) is 6.04 Å². The van der Waals surface area contributed by atoms with Gasteiger partial charge in [-0.2, -0.15) is 4.98 Å². The molecule has 0 spiro atoms. The van der Waals surface area contributed by atoms with E-state index >= 15 is 0 Å². The average molecular weight is 349 g/mol. The van der Waals surface area contributed by atoms with Gasteiger partial charge in [-0.3, -0.25) is 4.79 Å². The minimum Gasteiger partial charge on any atom is -0.342 e. The maximum absolute atomic E-state index is 12.9. The number of hydrogen-bond acceptors (Lipinski definition) is 4. The summed E-state index contributed by atoms with van der Waals surface area (Å²) in [5, 5.41) is 7.53. The van der Waals surface area contributed by atoms with E-state index < -0.39 is 0 Å². The summed E-state index contributed by atoms with van der Waals surface area (Å²) in [6.07, 6.45) is 7.68. The number of nitrogens with zero attached hydrogens (tertiary/aromatic N) is 4. The zero-order valence-electron chi connectivity index (χ0n) is 14.9. The summed E-state index contributed by atoms with van der Waals surface area (Å²) in [7, 11) is 0. The standard InChI is InChI=1S/C20H23N5O/c1-14-12-13-21-20-23-18(24-25(14)20)19(26)22-17(15-8-4-2-5-9-15)16-10-6-3-7-11-16/h2,4-5,8-9,12-13,16-17H,3,6-7,10-11H2,1H3,(H,22,26)/t17-/m0/s1. The third kappa shape index (κ3) is 3.31. The number of nitrogens with one attached hydrogen (secondary N) is 1. The van der Waals surface area contributed by atoms with E-state index in [-0.39, 0.29) is 17.8 Å². The first-order chi connectivity index (χ1) is 12.7. The second-order valence-electron chi connectivity index (χ2n) is 6.99. The molecule has 26 heavy (non-hydrogen) atoms. The molecule has 0 bridgehead atoms. The van der Waals surface area contributed by atoms with Crippen LogP contribution >= 0.6 is 0 Å². The van der Waals surface area contributed by atoms with Crippen molar-refractivity contribution in [2.45, 2.75) is 45.1 Å². The van der Waals surface area contributed by atoms with Crippen LogP contribution in [0.2, 0.25) is 0 Å². The number of aryl methyl sites for hydroxylation is 1. The van der Waals surface area contributed by atoms with Crippen molar-refractivity contribution in [3.63, 3.8) is 0 Å². The number of rotatable bonds is 4. The van der Waals surface area contributed by atoms with E-state index in [9.17, 15) is 4.79 Å². The van der Waals surface area contributed by atoms with E-state index in [1.165, 1.54) is 19.3 Å². The molecule has 6 heteroatoms. The number of carbonyl (C=O) groups is 1. The van der Waals surface area contributed by atoms with E-state index in [1.807, 2.05) is 31.2 Å². The lowest BCUT2D eigenvalue weighted by Gasteiger charge is -2.31. The zero-order chi connectivity index (χ0) is 17.9. The molecular weight excluding hydrogens is 326 g/mol. The maximum atomic E-state index is 12.9. The van der Waals surface area contributed by atoms with Crippen LogP contribution < -0.4 is 5.32 Å². The van der Waals surface area contributed by atoms with Gasteiger partial charge in [-0.25, -0.2) is 9.50 Å². The summed E-state index contributed by atoms with van der Waals surface area (Å²) in [5.41, 5.74) is 2.04. The molecule has 1 amide bonds. The molecule has 1 aromatic carbocycles. The zero-order valence-corrected chi connectivity index (χ0v) is 14.9. The Balaban J connectivity index is 1.61. The Morgan fingerprint density at radius 3 is 2.65 bits per heavy atom. The van der Waals surface area contributed by atoms with Gasteiger partial charge in [0.1, 0.15) is 0 Å². The molecule has 0 radical (unpaired) electrons. The predicted octanol–water partition coefficient (Wildman–Crippen LogP) is 3.48. The van der Waals surface area contributed by atoms with Crippen molar-refractivity contribution in [1.29, 1.82) is 0 Å². The molecule has 1 aliphatic rings. The molecule has 1 aliphatic carbocycles. The quantitative estimate of drug-likeness (QED) is 0.783. The Morgan fingerprint density at radius 1 is 1.15 bits per heavy atom. The normalized spacial score (nSPS) is 16.5. The van der Waals surface area contributed by atoms with Gasteiger partial charge in [0.2, 0.25) is 5.82 Å². The van der Waals surface area contributed by atoms with Crippen LogP contribution in [0, 0.1) is 12.8 Å². The number of amides is 1. The van der Waals surface area contributed by atoms with E-state index in [1.54, 1.807) is 10.7 Å². The topological polar surface area (TPSA) is 72.2 Å². The molecule has 1 saturated carbocycles. The molecule has 1 fully saturated rings. The molecule has 2 aromatic heterocycles. The van der Waals surface area contributed by atoms with Crippen molar-refractivity contribution in [3.05, 3.63) is 59.7 Å². The largest absolute Gasteiger partial charge is 0.342 e. The van der Waals surface area contributed by atoms with Crippen LogP contribution in [0.1, 0.15) is 60.0 Å². The summed E-state index contributed by atoms with van der Waals surface area (Å²) in [6, 6.07) is 12.1. The summed E-state index contributed by atoms with van der Waals surface area (Å²) in [5.74, 6) is 0.828. The van der Waals surface area contributed by atoms with Crippen LogP contribution in [0.5, 0.6) is 0 Å². The minimum atomic E-state index is -0.241. The number of fused-ring (bicyclic) bond motifs is 1. The second kappa shape index (κ2) is 7.23. The van der Waals surface area contributed by atoms with Crippen LogP contribution in [0.3, 0.4) is 0 Å². The van der Waals surface area contributed by atoms with Crippen LogP contribution in [0.15, 0.2) is 42.6 Å². The molecule has 0 unspecified atom stereocenters. The molecule has 2 heterocycles. The van der Waals surface area contributed by atoms with Crippen molar-refractivity contribution < 1.29 is 4.79 Å². The van der Waals surface area contributed by atoms with Crippen molar-refractivity contribution in [2.24, 2.45) is 5.92 Å². The molecule has 134 valence electrons. The molecule has 1 N–H and O–H groups in total. The van der Waals surface area contributed by atoms with Crippen molar-refractivity contribution in [1.82, 2.24) is 24.9 Å². The molecule has 0 saturated heterocycles. The van der Waals surface area contributed by atoms with Gasteiger partial charge >= 0.3 is 0 Å². The first kappa shape index (κ1) is 16.7. The van der Waals surface area contributed by atoms with Gasteiger partial charge in [-0.05, 0) is 37.3 Å². The van der Waals surface area contributed by atoms with Gasteiger partial charge in [0.25, 0.3) is 11.7 Å². The van der Waals surface area contributed by atoms with Crippen LogP contribution in [-0.2, 0) is 0 Å². The fraction of sp³-hybridized carbons (Fsp3) is 0.400. The average Bonchev–Trinajstić information content (AvgIpc) is 3.13. The second-order valence-corrected chi connectivity index (χ2v) is 6.99. The van der Waals surface area contributed by atoms with Gasteiger partial charge in [0.15, 0.2) is 0 Å². The fourth-order valence-electron chi connectivity index (χ4n) is 3.81. The van der Waals surface area contributed by atoms with E-state index in [2.05, 4.69) is 32.5 Å². The summed E-state index contributed by atoms with van der Waals surface area (Å²) < 4.78 is 1.60. The summed E-state index contributed by atoms with van der Waals surface area (Å²) in [4.78, 5) is 21.4. The fourth-order valence-corrected chi connectivity index (χ4v) is 3.81. The summed E-state index contributed by atoms with van der Waals surface area (Å²) >= 11 is 0. The highest BCUT2D eigenvalue weighted by atomic mass is 16.2. The summed E-state index contributed by atoms with van der Waals surface area (Å²) in [6.45, 7) is 1.92. The Labute approximate surface area is 152 Å². The molecule has 1 atom stereocenters. The van der Waals surface area contributed by atoms with Crippen molar-refractivity contribution >= 4 is 11.7 Å². The Hall–Kier alpha value is -2.76. The lowest BCUT2D eigenvalue weighted by atomic mass is 9.81. The van der Waals surface area contributed by atoms with Gasteiger partial charge in [-0.1, -0.05) is 49.6 Å². The highest BCUT2D eigenvalue weighted by Gasteiger charge is 2.28. The Bertz CT molecular complexity index is 899. The third-order valence-electron chi connectivity index (χ3n) is 5.20. The number of benzene rings is 1. The van der Waals surface area contributed by atoms with Crippen molar-refractivity contribution in [2.75, 3.05) is 0 Å². The van der Waals surface area contributed by atoms with Crippen LogP contribution in [0.25, 0.3) is 5.78 Å². The Kier molecular flexibility index (Phi) is 4.65. The molecule has 6 nitrogen and oxygen atoms in total. The molecule has 3 aromatic rings. The van der Waals surface area contributed by atoms with Gasteiger partial charge in [0, 0.05) is 11.9 Å². The van der Waals surface area contributed by atoms with E-state index in [0.717, 1.165) is 24.1 Å². The Morgan fingerprint density at radius 2 is 1.92 bits per heavy atom. The van der Waals surface area contributed by atoms with Gasteiger partial charge < -0.3 is 5.32 Å². The van der Waals surface area contributed by atoms with Crippen LogP contribution in [-0.4, -0.2) is 25.5 Å². The number of hydrogen-bond donors (Lipinski definition) is 1. The van der Waals surface area contributed by atoms with Gasteiger partial charge in [-0.15, -0.1) is 5.10 Å².